The van der Waals surface area contributed by atoms with Crippen molar-refractivity contribution in [2.45, 2.75) is 56.1 Å². The molecule has 0 bridgehead atoms. The lowest BCUT2D eigenvalue weighted by molar-refractivity contribution is -0.120. The van der Waals surface area contributed by atoms with Crippen molar-refractivity contribution in [2.75, 3.05) is 0 Å². The highest BCUT2D eigenvalue weighted by Gasteiger charge is 2.27. The number of amides is 1. The van der Waals surface area contributed by atoms with Gasteiger partial charge >= 0.3 is 0 Å². The van der Waals surface area contributed by atoms with Gasteiger partial charge in [-0.15, -0.1) is 0 Å². The second-order valence-electron chi connectivity index (χ2n) is 6.22. The number of rotatable bonds is 5. The third-order valence-electron chi connectivity index (χ3n) is 3.87. The highest BCUT2D eigenvalue weighted by Crippen LogP contribution is 2.26. The summed E-state index contributed by atoms with van der Waals surface area (Å²) < 4.78 is 1.67. The first-order valence-electron chi connectivity index (χ1n) is 7.95. The van der Waals surface area contributed by atoms with Crippen LogP contribution in [-0.4, -0.2) is 26.8 Å². The van der Waals surface area contributed by atoms with Crippen LogP contribution in [0.2, 0.25) is 0 Å². The molecule has 122 valence electrons. The molecule has 0 spiro atoms. The summed E-state index contributed by atoms with van der Waals surface area (Å²) in [6.07, 6.45) is 2.13. The number of hydrogen-bond donors (Lipinski definition) is 1. The predicted molar refractivity (Wildman–Crippen MR) is 92.9 cm³/mol. The van der Waals surface area contributed by atoms with Crippen LogP contribution in [0, 0.1) is 0 Å². The van der Waals surface area contributed by atoms with Gasteiger partial charge in [-0.25, -0.2) is 4.98 Å². The average Bonchev–Trinajstić information content (AvgIpc) is 3.31. The van der Waals surface area contributed by atoms with E-state index < -0.39 is 0 Å². The minimum atomic E-state index is -0.284. The molecule has 1 unspecified atom stereocenters. The van der Waals surface area contributed by atoms with Crippen LogP contribution < -0.4 is 10.9 Å². The molecule has 1 heterocycles. The molecule has 3 rings (SSSR count). The zero-order chi connectivity index (χ0) is 16.6. The molecule has 1 aliphatic rings. The van der Waals surface area contributed by atoms with E-state index in [2.05, 4.69) is 10.3 Å². The summed E-state index contributed by atoms with van der Waals surface area (Å²) in [4.78, 5) is 29.5. The molecule has 5 nitrogen and oxygen atoms in total. The van der Waals surface area contributed by atoms with E-state index in [4.69, 9.17) is 0 Å². The first-order valence-corrected chi connectivity index (χ1v) is 8.83. The van der Waals surface area contributed by atoms with Gasteiger partial charge in [0, 0.05) is 12.1 Å². The Hall–Kier alpha value is -1.82. The summed E-state index contributed by atoms with van der Waals surface area (Å²) in [6, 6.07) is 7.66. The van der Waals surface area contributed by atoms with E-state index in [9.17, 15) is 9.59 Å². The largest absolute Gasteiger partial charge is 0.352 e. The molecule has 6 heteroatoms. The van der Waals surface area contributed by atoms with Crippen LogP contribution in [0.15, 0.2) is 34.2 Å². The van der Waals surface area contributed by atoms with Gasteiger partial charge < -0.3 is 5.32 Å². The molecule has 23 heavy (non-hydrogen) atoms. The minimum Gasteiger partial charge on any atom is -0.352 e. The molecule has 0 aliphatic heterocycles. The number of benzene rings is 1. The van der Waals surface area contributed by atoms with E-state index in [1.165, 1.54) is 11.8 Å². The quantitative estimate of drug-likeness (QED) is 0.676. The molecule has 1 N–H and O–H groups in total. The lowest BCUT2D eigenvalue weighted by atomic mass is 10.2. The Kier molecular flexibility index (Phi) is 4.43. The predicted octanol–water partition coefficient (Wildman–Crippen LogP) is 2.74. The van der Waals surface area contributed by atoms with Crippen LogP contribution in [0.4, 0.5) is 0 Å². The fraction of sp³-hybridized carbons (Fsp3) is 0.471. The van der Waals surface area contributed by atoms with Crippen molar-refractivity contribution < 1.29 is 4.79 Å². The highest BCUT2D eigenvalue weighted by atomic mass is 32.2. The lowest BCUT2D eigenvalue weighted by Gasteiger charge is -2.18. The Morgan fingerprint density at radius 2 is 2.00 bits per heavy atom. The maximum atomic E-state index is 12.7. The van der Waals surface area contributed by atoms with Crippen molar-refractivity contribution in [1.82, 2.24) is 14.9 Å². The minimum absolute atomic E-state index is 0.00946. The Labute approximate surface area is 139 Å². The Balaban J connectivity index is 1.96. The third kappa shape index (κ3) is 3.42. The monoisotopic (exact) mass is 331 g/mol. The van der Waals surface area contributed by atoms with E-state index in [0.717, 1.165) is 12.8 Å². The Morgan fingerprint density at radius 3 is 2.65 bits per heavy atom. The van der Waals surface area contributed by atoms with Crippen LogP contribution in [0.1, 0.15) is 39.7 Å². The number of carbonyl (C=O) groups is 1. The molecule has 1 atom stereocenters. The van der Waals surface area contributed by atoms with Crippen molar-refractivity contribution >= 4 is 28.6 Å². The third-order valence-corrected chi connectivity index (χ3v) is 4.93. The van der Waals surface area contributed by atoms with Gasteiger partial charge in [0.25, 0.3) is 5.56 Å². The van der Waals surface area contributed by atoms with E-state index >= 15 is 0 Å². The number of carbonyl (C=O) groups excluding carboxylic acids is 1. The van der Waals surface area contributed by atoms with Crippen LogP contribution in [0.3, 0.4) is 0 Å². The number of para-hydroxylation sites is 1. The van der Waals surface area contributed by atoms with Crippen LogP contribution in [-0.2, 0) is 4.79 Å². The maximum Gasteiger partial charge on any atom is 0.262 e. The highest BCUT2D eigenvalue weighted by molar-refractivity contribution is 8.00. The summed E-state index contributed by atoms with van der Waals surface area (Å²) in [6.45, 7) is 5.77. The summed E-state index contributed by atoms with van der Waals surface area (Å²) in [5.74, 6) is 0.00946. The number of nitrogens with one attached hydrogen (secondary N) is 1. The van der Waals surface area contributed by atoms with Gasteiger partial charge in [0.1, 0.15) is 0 Å². The molecular formula is C17H21N3O2S. The number of fused-ring (bicyclic) bond motifs is 1. The van der Waals surface area contributed by atoms with Gasteiger partial charge in [-0.2, -0.15) is 0 Å². The molecule has 2 aromatic rings. The smallest absolute Gasteiger partial charge is 0.262 e. The van der Waals surface area contributed by atoms with E-state index in [1.54, 1.807) is 10.6 Å². The molecule has 0 radical (unpaired) electrons. The van der Waals surface area contributed by atoms with Gasteiger partial charge in [-0.05, 0) is 45.7 Å². The van der Waals surface area contributed by atoms with Gasteiger partial charge in [-0.1, -0.05) is 23.9 Å². The van der Waals surface area contributed by atoms with E-state index in [1.807, 2.05) is 39.0 Å². The zero-order valence-electron chi connectivity index (χ0n) is 13.6. The molecule has 1 aromatic carbocycles. The van der Waals surface area contributed by atoms with Gasteiger partial charge in [0.15, 0.2) is 5.16 Å². The van der Waals surface area contributed by atoms with Crippen molar-refractivity contribution in [1.29, 1.82) is 0 Å². The summed E-state index contributed by atoms with van der Waals surface area (Å²) in [7, 11) is 0. The van der Waals surface area contributed by atoms with Gasteiger partial charge in [0.05, 0.1) is 16.2 Å². The molecule has 0 saturated heterocycles. The first-order chi connectivity index (χ1) is 11.0. The van der Waals surface area contributed by atoms with Gasteiger partial charge in [0.2, 0.25) is 5.91 Å². The van der Waals surface area contributed by atoms with Crippen LogP contribution in [0.5, 0.6) is 0 Å². The summed E-state index contributed by atoms with van der Waals surface area (Å²) >= 11 is 1.35. The van der Waals surface area contributed by atoms with Crippen LogP contribution >= 0.6 is 11.8 Å². The number of hydrogen-bond acceptors (Lipinski definition) is 4. The van der Waals surface area contributed by atoms with Crippen molar-refractivity contribution in [3.63, 3.8) is 0 Å². The lowest BCUT2D eigenvalue weighted by Crippen LogP contribution is -2.33. The molecular weight excluding hydrogens is 310 g/mol. The molecule has 1 aliphatic carbocycles. The number of aromatic nitrogens is 2. The first kappa shape index (κ1) is 16.1. The fourth-order valence-electron chi connectivity index (χ4n) is 2.42. The summed E-state index contributed by atoms with van der Waals surface area (Å²) in [5.41, 5.74) is 0.620. The average molecular weight is 331 g/mol. The SMILES string of the molecule is CC(Sc1nc2ccccc2c(=O)n1C(C)C)C(=O)NC1CC1. The normalized spacial score (nSPS) is 15.8. The second-order valence-corrected chi connectivity index (χ2v) is 7.53. The number of nitrogens with zero attached hydrogens (tertiary/aromatic N) is 2. The second kappa shape index (κ2) is 6.35. The van der Waals surface area contributed by atoms with Crippen molar-refractivity contribution in [3.05, 3.63) is 34.6 Å². The standard InChI is InChI=1S/C17H21N3O2S/c1-10(2)20-16(22)13-6-4-5-7-14(13)19-17(20)23-11(3)15(21)18-12-8-9-12/h4-7,10-12H,8-9H2,1-3H3,(H,18,21). The maximum absolute atomic E-state index is 12.7. The van der Waals surface area contributed by atoms with E-state index in [0.29, 0.717) is 22.1 Å². The molecule has 1 amide bonds. The molecule has 1 aromatic heterocycles. The number of thioether (sulfide) groups is 1. The van der Waals surface area contributed by atoms with Crippen LogP contribution in [0.25, 0.3) is 10.9 Å². The topological polar surface area (TPSA) is 64.0 Å². The Bertz CT molecular complexity index is 796. The van der Waals surface area contributed by atoms with Gasteiger partial charge in [-0.3, -0.25) is 14.2 Å². The fourth-order valence-corrected chi connectivity index (χ4v) is 3.47. The molecule has 1 fully saturated rings. The molecule has 1 saturated carbocycles. The van der Waals surface area contributed by atoms with E-state index in [-0.39, 0.29) is 22.8 Å². The Morgan fingerprint density at radius 1 is 1.30 bits per heavy atom. The summed E-state index contributed by atoms with van der Waals surface area (Å²) in [5, 5.41) is 3.93. The van der Waals surface area contributed by atoms with Crippen molar-refractivity contribution in [3.8, 4) is 0 Å². The van der Waals surface area contributed by atoms with Crippen molar-refractivity contribution in [2.24, 2.45) is 0 Å². The zero-order valence-corrected chi connectivity index (χ0v) is 14.4.